The van der Waals surface area contributed by atoms with E-state index in [1.54, 1.807) is 37.3 Å². The molecule has 0 aliphatic rings. The summed E-state index contributed by atoms with van der Waals surface area (Å²) in [4.78, 5) is 10.3. The van der Waals surface area contributed by atoms with Gasteiger partial charge in [-0.25, -0.2) is 0 Å². The Morgan fingerprint density at radius 2 is 1.89 bits per heavy atom. The van der Waals surface area contributed by atoms with Crippen molar-refractivity contribution in [1.82, 2.24) is 0 Å². The molecule has 190 valence electrons. The molecule has 13 heteroatoms. The van der Waals surface area contributed by atoms with Crippen LogP contribution < -0.4 is 14.9 Å². The lowest BCUT2D eigenvalue weighted by Crippen LogP contribution is -2.06. The van der Waals surface area contributed by atoms with Gasteiger partial charge in [-0.1, -0.05) is 29.3 Å². The quantitative estimate of drug-likeness (QED) is 0.151. The number of anilines is 1. The molecule has 0 amide bonds. The topological polar surface area (TPSA) is 86.0 Å². The average molecular weight is 607 g/mol. The molecule has 3 aromatic rings. The summed E-state index contributed by atoms with van der Waals surface area (Å²) in [5.41, 5.74) is 1.54. The van der Waals surface area contributed by atoms with Crippen molar-refractivity contribution in [3.8, 4) is 11.5 Å². The van der Waals surface area contributed by atoms with Gasteiger partial charge in [-0.3, -0.25) is 15.5 Å². The van der Waals surface area contributed by atoms with Crippen molar-refractivity contribution in [2.75, 3.05) is 12.0 Å². The Kier molecular flexibility index (Phi) is 9.04. The van der Waals surface area contributed by atoms with Gasteiger partial charge in [0.05, 0.1) is 27.8 Å². The van der Waals surface area contributed by atoms with Crippen molar-refractivity contribution in [1.29, 1.82) is 0 Å². The fourth-order valence-corrected chi connectivity index (χ4v) is 4.02. The second-order valence-electron chi connectivity index (χ2n) is 7.14. The third-order valence-corrected chi connectivity index (χ3v) is 5.82. The van der Waals surface area contributed by atoms with Gasteiger partial charge < -0.3 is 9.47 Å². The molecule has 0 heterocycles. The van der Waals surface area contributed by atoms with E-state index in [9.17, 15) is 23.3 Å². The van der Waals surface area contributed by atoms with Crippen LogP contribution >= 0.6 is 39.1 Å². The summed E-state index contributed by atoms with van der Waals surface area (Å²) >= 11 is 15.6. The first-order valence-corrected chi connectivity index (χ1v) is 11.7. The minimum absolute atomic E-state index is 0.140. The summed E-state index contributed by atoms with van der Waals surface area (Å²) in [5.74, 6) is 0.797. The SMILES string of the molecule is CCOc1cc(/C=N\Nc2ccc(C(F)(F)F)cc2[N+](=O)[O-])cc(Br)c1OCc1ccc(Cl)cc1Cl. The fourth-order valence-electron chi connectivity index (χ4n) is 2.98. The maximum absolute atomic E-state index is 12.9. The van der Waals surface area contributed by atoms with E-state index in [0.29, 0.717) is 49.8 Å². The summed E-state index contributed by atoms with van der Waals surface area (Å²) in [6.07, 6.45) is -3.38. The van der Waals surface area contributed by atoms with Crippen LogP contribution in [0.1, 0.15) is 23.6 Å². The largest absolute Gasteiger partial charge is 0.490 e. The molecule has 3 aromatic carbocycles. The summed E-state index contributed by atoms with van der Waals surface area (Å²) in [7, 11) is 0. The van der Waals surface area contributed by atoms with Gasteiger partial charge in [0.1, 0.15) is 12.3 Å². The Morgan fingerprint density at radius 1 is 1.14 bits per heavy atom. The third-order valence-electron chi connectivity index (χ3n) is 4.64. The number of ether oxygens (including phenoxy) is 2. The Morgan fingerprint density at radius 3 is 2.53 bits per heavy atom. The highest BCUT2D eigenvalue weighted by molar-refractivity contribution is 9.10. The molecular formula is C23H17BrCl2F3N3O4. The maximum Gasteiger partial charge on any atom is 0.416 e. The van der Waals surface area contributed by atoms with Gasteiger partial charge in [0.2, 0.25) is 0 Å². The number of nitrogens with zero attached hydrogens (tertiary/aromatic N) is 2. The van der Waals surface area contributed by atoms with Gasteiger partial charge in [0, 0.05) is 21.7 Å². The lowest BCUT2D eigenvalue weighted by atomic mass is 10.1. The molecule has 0 aliphatic carbocycles. The van der Waals surface area contributed by atoms with Crippen molar-refractivity contribution < 1.29 is 27.6 Å². The molecule has 0 saturated heterocycles. The number of benzene rings is 3. The molecule has 0 radical (unpaired) electrons. The molecule has 0 unspecified atom stereocenters. The molecule has 0 aromatic heterocycles. The molecule has 0 atom stereocenters. The van der Waals surface area contributed by atoms with Crippen LogP contribution in [0.25, 0.3) is 0 Å². The summed E-state index contributed by atoms with van der Waals surface area (Å²) < 4.78 is 50.8. The second-order valence-corrected chi connectivity index (χ2v) is 8.84. The molecule has 0 saturated carbocycles. The standard InChI is InChI=1S/C23H17BrCl2F3N3O4/c1-2-35-21-8-13(7-17(24)22(21)36-12-14-3-5-16(25)10-18(14)26)11-30-31-19-6-4-15(23(27,28)29)9-20(19)32(33)34/h3-11,31H,2,12H2,1H3/b30-11-. The number of hydrogen-bond acceptors (Lipinski definition) is 6. The average Bonchev–Trinajstić information content (AvgIpc) is 2.79. The highest BCUT2D eigenvalue weighted by Crippen LogP contribution is 2.38. The van der Waals surface area contributed by atoms with Crippen LogP contribution in [0, 0.1) is 10.1 Å². The van der Waals surface area contributed by atoms with E-state index in [1.165, 1.54) is 6.21 Å². The Balaban J connectivity index is 1.81. The Hall–Kier alpha value is -3.02. The Labute approximate surface area is 222 Å². The number of nitro benzene ring substituents is 1. The number of nitro groups is 1. The highest BCUT2D eigenvalue weighted by Gasteiger charge is 2.33. The molecule has 0 aliphatic heterocycles. The molecular weight excluding hydrogens is 590 g/mol. The van der Waals surface area contributed by atoms with Gasteiger partial charge in [-0.15, -0.1) is 0 Å². The molecule has 0 spiro atoms. The minimum Gasteiger partial charge on any atom is -0.490 e. The van der Waals surface area contributed by atoms with E-state index in [2.05, 4.69) is 26.5 Å². The zero-order valence-corrected chi connectivity index (χ0v) is 21.5. The number of nitrogens with one attached hydrogen (secondary N) is 1. The Bertz CT molecular complexity index is 1310. The zero-order chi connectivity index (χ0) is 26.5. The molecule has 0 bridgehead atoms. The second kappa shape index (κ2) is 11.8. The smallest absolute Gasteiger partial charge is 0.416 e. The van der Waals surface area contributed by atoms with Crippen molar-refractivity contribution in [3.63, 3.8) is 0 Å². The van der Waals surface area contributed by atoms with Crippen molar-refractivity contribution in [2.24, 2.45) is 5.10 Å². The molecule has 7 nitrogen and oxygen atoms in total. The van der Waals surface area contributed by atoms with Crippen LogP contribution in [0.4, 0.5) is 24.5 Å². The van der Waals surface area contributed by atoms with Crippen LogP contribution in [0.15, 0.2) is 58.1 Å². The first kappa shape index (κ1) is 27.6. The van der Waals surface area contributed by atoms with Crippen LogP contribution in [-0.2, 0) is 12.8 Å². The van der Waals surface area contributed by atoms with E-state index in [4.69, 9.17) is 32.7 Å². The van der Waals surface area contributed by atoms with Crippen LogP contribution in [0.2, 0.25) is 10.0 Å². The van der Waals surface area contributed by atoms with E-state index in [0.717, 1.165) is 12.1 Å². The molecule has 0 fully saturated rings. The minimum atomic E-state index is -4.71. The van der Waals surface area contributed by atoms with E-state index >= 15 is 0 Å². The van der Waals surface area contributed by atoms with E-state index in [1.807, 2.05) is 0 Å². The zero-order valence-electron chi connectivity index (χ0n) is 18.4. The third kappa shape index (κ3) is 7.02. The number of alkyl halides is 3. The van der Waals surface area contributed by atoms with E-state index < -0.39 is 22.4 Å². The molecule has 3 rings (SSSR count). The molecule has 36 heavy (non-hydrogen) atoms. The number of hydrogen-bond donors (Lipinski definition) is 1. The summed E-state index contributed by atoms with van der Waals surface area (Å²) in [6, 6.07) is 10.4. The first-order chi connectivity index (χ1) is 17.0. The van der Waals surface area contributed by atoms with Crippen molar-refractivity contribution in [2.45, 2.75) is 19.7 Å². The van der Waals surface area contributed by atoms with Crippen molar-refractivity contribution >= 4 is 56.7 Å². The van der Waals surface area contributed by atoms with Gasteiger partial charge in [0.15, 0.2) is 11.5 Å². The number of rotatable bonds is 9. The number of hydrazone groups is 1. The predicted molar refractivity (Wildman–Crippen MR) is 135 cm³/mol. The highest BCUT2D eigenvalue weighted by atomic mass is 79.9. The summed E-state index contributed by atoms with van der Waals surface area (Å²) in [5, 5.41) is 16.1. The van der Waals surface area contributed by atoms with Crippen LogP contribution in [0.5, 0.6) is 11.5 Å². The van der Waals surface area contributed by atoms with E-state index in [-0.39, 0.29) is 12.3 Å². The summed E-state index contributed by atoms with van der Waals surface area (Å²) in [6.45, 7) is 2.27. The lowest BCUT2D eigenvalue weighted by Gasteiger charge is -2.15. The fraction of sp³-hybridized carbons (Fsp3) is 0.174. The van der Waals surface area contributed by atoms with Crippen LogP contribution in [0.3, 0.4) is 0 Å². The van der Waals surface area contributed by atoms with Gasteiger partial charge in [-0.05, 0) is 64.8 Å². The van der Waals surface area contributed by atoms with Gasteiger partial charge in [0.25, 0.3) is 5.69 Å². The first-order valence-electron chi connectivity index (χ1n) is 10.2. The van der Waals surface area contributed by atoms with Gasteiger partial charge >= 0.3 is 6.18 Å². The van der Waals surface area contributed by atoms with Gasteiger partial charge in [-0.2, -0.15) is 18.3 Å². The normalized spacial score (nSPS) is 11.5. The monoisotopic (exact) mass is 605 g/mol. The van der Waals surface area contributed by atoms with Crippen LogP contribution in [-0.4, -0.2) is 17.7 Å². The predicted octanol–water partition coefficient (Wildman–Crippen LogP) is 8.11. The molecule has 1 N–H and O–H groups in total. The number of halogens is 6. The van der Waals surface area contributed by atoms with Crippen molar-refractivity contribution in [3.05, 3.63) is 89.9 Å². The lowest BCUT2D eigenvalue weighted by molar-refractivity contribution is -0.384. The maximum atomic E-state index is 12.9.